The van der Waals surface area contributed by atoms with E-state index >= 15 is 0 Å². The number of benzene rings is 3. The van der Waals surface area contributed by atoms with Crippen LogP contribution in [0.25, 0.3) is 0 Å². The molecule has 0 bridgehead atoms. The maximum atomic E-state index is 12.2. The van der Waals surface area contributed by atoms with E-state index < -0.39 is 11.0 Å². The molecule has 0 spiro atoms. The minimum absolute atomic E-state index is 0.0449. The molecule has 3 aromatic carbocycles. The maximum Gasteiger partial charge on any atom is 0.323 e. The molecule has 0 heterocycles. The van der Waals surface area contributed by atoms with Crippen LogP contribution >= 0.6 is 23.2 Å². The average molecular weight is 432 g/mol. The van der Waals surface area contributed by atoms with Gasteiger partial charge in [-0.15, -0.1) is 0 Å². The molecule has 0 aliphatic heterocycles. The van der Waals surface area contributed by atoms with Gasteiger partial charge in [-0.3, -0.25) is 10.1 Å². The molecule has 9 heteroatoms. The zero-order valence-electron chi connectivity index (χ0n) is 15.1. The van der Waals surface area contributed by atoms with Gasteiger partial charge in [0, 0.05) is 28.5 Å². The number of nitrogens with zero attached hydrogens (tertiary/aromatic N) is 1. The molecule has 148 valence electrons. The number of hydrogen-bond donors (Lipinski definition) is 2. The fourth-order valence-electron chi connectivity index (χ4n) is 2.48. The van der Waals surface area contributed by atoms with Crippen LogP contribution in [0.15, 0.2) is 60.7 Å². The predicted octanol–water partition coefficient (Wildman–Crippen LogP) is 6.65. The molecular formula is C20H15Cl2N3O4. The molecule has 0 unspecified atom stereocenters. The van der Waals surface area contributed by atoms with Crippen LogP contribution in [-0.4, -0.2) is 11.0 Å². The SMILES string of the molecule is Cc1cc([N+](=O)[O-])ccc1NC(=O)Nc1ccc(Oc2ccc(Cl)cc2)c(Cl)c1. The number of amides is 2. The molecule has 0 saturated carbocycles. The molecule has 29 heavy (non-hydrogen) atoms. The monoisotopic (exact) mass is 431 g/mol. The Morgan fingerprint density at radius 2 is 1.72 bits per heavy atom. The van der Waals surface area contributed by atoms with Crippen molar-refractivity contribution in [1.29, 1.82) is 0 Å². The third-order valence-corrected chi connectivity index (χ3v) is 4.45. The second-order valence-electron chi connectivity index (χ2n) is 6.04. The quantitative estimate of drug-likeness (QED) is 0.349. The van der Waals surface area contributed by atoms with Crippen LogP contribution in [0.5, 0.6) is 11.5 Å². The summed E-state index contributed by atoms with van der Waals surface area (Å²) in [5.41, 5.74) is 1.44. The lowest BCUT2D eigenvalue weighted by atomic mass is 10.2. The first kappa shape index (κ1) is 20.4. The third-order valence-electron chi connectivity index (χ3n) is 3.90. The lowest BCUT2D eigenvalue weighted by Gasteiger charge is -2.12. The summed E-state index contributed by atoms with van der Waals surface area (Å²) in [4.78, 5) is 22.5. The lowest BCUT2D eigenvalue weighted by molar-refractivity contribution is -0.384. The molecule has 2 N–H and O–H groups in total. The zero-order chi connectivity index (χ0) is 21.0. The Kier molecular flexibility index (Phi) is 6.21. The van der Waals surface area contributed by atoms with Crippen molar-refractivity contribution in [2.24, 2.45) is 0 Å². The molecule has 3 aromatic rings. The van der Waals surface area contributed by atoms with Crippen molar-refractivity contribution in [2.45, 2.75) is 6.92 Å². The van der Waals surface area contributed by atoms with Gasteiger partial charge in [-0.05, 0) is 61.0 Å². The zero-order valence-corrected chi connectivity index (χ0v) is 16.6. The Hall–Kier alpha value is -3.29. The summed E-state index contributed by atoms with van der Waals surface area (Å²) in [5, 5.41) is 17.0. The Morgan fingerprint density at radius 1 is 1.00 bits per heavy atom. The largest absolute Gasteiger partial charge is 0.456 e. The van der Waals surface area contributed by atoms with Crippen LogP contribution < -0.4 is 15.4 Å². The average Bonchev–Trinajstić information content (AvgIpc) is 2.67. The first-order valence-electron chi connectivity index (χ1n) is 8.38. The number of urea groups is 1. The van der Waals surface area contributed by atoms with E-state index in [1.54, 1.807) is 49.4 Å². The van der Waals surface area contributed by atoms with E-state index in [9.17, 15) is 14.9 Å². The number of hydrogen-bond acceptors (Lipinski definition) is 4. The number of aryl methyl sites for hydroxylation is 1. The molecule has 0 atom stereocenters. The Bertz CT molecular complexity index is 1070. The van der Waals surface area contributed by atoms with Gasteiger partial charge in [-0.2, -0.15) is 0 Å². The molecule has 0 saturated heterocycles. The van der Waals surface area contributed by atoms with Crippen molar-refractivity contribution in [3.05, 3.63) is 86.4 Å². The van der Waals surface area contributed by atoms with Crippen molar-refractivity contribution < 1.29 is 14.5 Å². The number of nitro benzene ring substituents is 1. The molecule has 7 nitrogen and oxygen atoms in total. The number of anilines is 2. The van der Waals surface area contributed by atoms with Gasteiger partial charge in [0.2, 0.25) is 0 Å². The van der Waals surface area contributed by atoms with E-state index in [4.69, 9.17) is 27.9 Å². The van der Waals surface area contributed by atoms with Crippen LogP contribution in [-0.2, 0) is 0 Å². The van der Waals surface area contributed by atoms with Gasteiger partial charge in [0.05, 0.1) is 9.95 Å². The van der Waals surface area contributed by atoms with Crippen molar-refractivity contribution in [3.63, 3.8) is 0 Å². The number of non-ortho nitro benzene ring substituents is 1. The fraction of sp³-hybridized carbons (Fsp3) is 0.0500. The van der Waals surface area contributed by atoms with E-state index in [0.29, 0.717) is 38.5 Å². The maximum absolute atomic E-state index is 12.2. The fourth-order valence-corrected chi connectivity index (χ4v) is 2.82. The summed E-state index contributed by atoms with van der Waals surface area (Å²) >= 11 is 12.1. The van der Waals surface area contributed by atoms with E-state index in [-0.39, 0.29) is 5.69 Å². The van der Waals surface area contributed by atoms with Gasteiger partial charge in [0.1, 0.15) is 11.5 Å². The van der Waals surface area contributed by atoms with Crippen molar-refractivity contribution in [1.82, 2.24) is 0 Å². The highest BCUT2D eigenvalue weighted by molar-refractivity contribution is 6.32. The molecule has 0 radical (unpaired) electrons. The summed E-state index contributed by atoms with van der Waals surface area (Å²) in [6.07, 6.45) is 0. The number of ether oxygens (including phenoxy) is 1. The summed E-state index contributed by atoms with van der Waals surface area (Å²) in [6, 6.07) is 15.3. The smallest absolute Gasteiger partial charge is 0.323 e. The highest BCUT2D eigenvalue weighted by Gasteiger charge is 2.11. The molecule has 2 amide bonds. The standard InChI is InChI=1S/C20H15Cl2N3O4/c1-12-10-15(25(27)28)5-8-18(12)24-20(26)23-14-4-9-19(17(22)11-14)29-16-6-2-13(21)3-7-16/h2-11H,1H3,(H2,23,24,26). The molecule has 0 aliphatic rings. The van der Waals surface area contributed by atoms with Gasteiger partial charge in [0.25, 0.3) is 5.69 Å². The first-order chi connectivity index (χ1) is 13.8. The number of carbonyl (C=O) groups is 1. The number of rotatable bonds is 5. The van der Waals surface area contributed by atoms with Crippen LogP contribution in [0.4, 0.5) is 21.9 Å². The molecule has 3 rings (SSSR count). The van der Waals surface area contributed by atoms with Crippen molar-refractivity contribution in [2.75, 3.05) is 10.6 Å². The highest BCUT2D eigenvalue weighted by atomic mass is 35.5. The van der Waals surface area contributed by atoms with Crippen LogP contribution in [0, 0.1) is 17.0 Å². The number of halogens is 2. The highest BCUT2D eigenvalue weighted by Crippen LogP contribution is 2.32. The Morgan fingerprint density at radius 3 is 2.34 bits per heavy atom. The van der Waals surface area contributed by atoms with E-state index in [1.807, 2.05) is 0 Å². The number of nitrogens with one attached hydrogen (secondary N) is 2. The first-order valence-corrected chi connectivity index (χ1v) is 9.13. The summed E-state index contributed by atoms with van der Waals surface area (Å²) in [6.45, 7) is 1.67. The van der Waals surface area contributed by atoms with Crippen molar-refractivity contribution in [3.8, 4) is 11.5 Å². The summed E-state index contributed by atoms with van der Waals surface area (Å²) in [5.74, 6) is 0.995. The van der Waals surface area contributed by atoms with Gasteiger partial charge in [0.15, 0.2) is 0 Å². The van der Waals surface area contributed by atoms with E-state index in [1.165, 1.54) is 18.2 Å². The minimum Gasteiger partial charge on any atom is -0.456 e. The number of carbonyl (C=O) groups excluding carboxylic acids is 1. The Balaban J connectivity index is 1.65. The van der Waals surface area contributed by atoms with Gasteiger partial charge >= 0.3 is 6.03 Å². The van der Waals surface area contributed by atoms with Gasteiger partial charge in [-0.1, -0.05) is 23.2 Å². The molecular weight excluding hydrogens is 417 g/mol. The number of nitro groups is 1. The topological polar surface area (TPSA) is 93.5 Å². The van der Waals surface area contributed by atoms with Crippen LogP contribution in [0.2, 0.25) is 10.0 Å². The van der Waals surface area contributed by atoms with Crippen LogP contribution in [0.1, 0.15) is 5.56 Å². The van der Waals surface area contributed by atoms with Gasteiger partial charge in [-0.25, -0.2) is 4.79 Å². The normalized spacial score (nSPS) is 10.3. The van der Waals surface area contributed by atoms with Crippen molar-refractivity contribution >= 4 is 46.3 Å². The minimum atomic E-state index is -0.510. The Labute approximate surface area is 176 Å². The predicted molar refractivity (Wildman–Crippen MR) is 113 cm³/mol. The van der Waals surface area contributed by atoms with Gasteiger partial charge < -0.3 is 15.4 Å². The second-order valence-corrected chi connectivity index (χ2v) is 6.88. The third kappa shape index (κ3) is 5.37. The second kappa shape index (κ2) is 8.81. The lowest BCUT2D eigenvalue weighted by Crippen LogP contribution is -2.20. The van der Waals surface area contributed by atoms with E-state index in [2.05, 4.69) is 10.6 Å². The van der Waals surface area contributed by atoms with Crippen LogP contribution in [0.3, 0.4) is 0 Å². The molecule has 0 aromatic heterocycles. The molecule has 0 fully saturated rings. The summed E-state index contributed by atoms with van der Waals surface area (Å²) < 4.78 is 5.69. The summed E-state index contributed by atoms with van der Waals surface area (Å²) in [7, 11) is 0. The molecule has 0 aliphatic carbocycles. The van der Waals surface area contributed by atoms with E-state index in [0.717, 1.165) is 0 Å².